The molecule has 108 valence electrons. The maximum Gasteiger partial charge on any atom is 0.306 e. The molecule has 0 amide bonds. The van der Waals surface area contributed by atoms with Gasteiger partial charge in [-0.15, -0.1) is 0 Å². The molecule has 0 aliphatic heterocycles. The van der Waals surface area contributed by atoms with Crippen LogP contribution in [0.5, 0.6) is 0 Å². The van der Waals surface area contributed by atoms with Gasteiger partial charge in [0.15, 0.2) is 9.84 Å². The molecular formula is C12H25NO4S. The molecule has 0 heterocycles. The van der Waals surface area contributed by atoms with Crippen molar-refractivity contribution in [3.63, 3.8) is 0 Å². The molecule has 0 aromatic heterocycles. The Balaban J connectivity index is 4.28. The first kappa shape index (κ1) is 17.4. The summed E-state index contributed by atoms with van der Waals surface area (Å²) < 4.78 is 27.7. The Bertz CT molecular complexity index is 357. The molecule has 0 unspecified atom stereocenters. The highest BCUT2D eigenvalue weighted by molar-refractivity contribution is 7.92. The van der Waals surface area contributed by atoms with E-state index in [0.29, 0.717) is 19.5 Å². The SMILES string of the molecule is CCN(CCC(=O)OC)CCS(=O)(=O)C(C)(C)C. The highest BCUT2D eigenvalue weighted by Gasteiger charge is 2.28. The van der Waals surface area contributed by atoms with Crippen LogP contribution in [0, 0.1) is 0 Å². The van der Waals surface area contributed by atoms with Gasteiger partial charge in [-0.05, 0) is 27.3 Å². The average molecular weight is 279 g/mol. The molecule has 0 aromatic rings. The van der Waals surface area contributed by atoms with Crippen molar-refractivity contribution >= 4 is 15.8 Å². The number of carbonyl (C=O) groups excluding carboxylic acids is 1. The molecule has 0 atom stereocenters. The van der Waals surface area contributed by atoms with E-state index >= 15 is 0 Å². The van der Waals surface area contributed by atoms with Crippen LogP contribution < -0.4 is 0 Å². The molecule has 0 N–H and O–H groups in total. The molecule has 0 radical (unpaired) electrons. The zero-order valence-corrected chi connectivity index (χ0v) is 12.8. The standard InChI is InChI=1S/C12H25NO4S/c1-6-13(8-7-11(14)17-5)9-10-18(15,16)12(2,3)4/h6-10H2,1-5H3. The van der Waals surface area contributed by atoms with Crippen molar-refractivity contribution in [2.75, 3.05) is 32.5 Å². The van der Waals surface area contributed by atoms with E-state index in [-0.39, 0.29) is 11.7 Å². The average Bonchev–Trinajstić information content (AvgIpc) is 2.27. The third kappa shape index (κ3) is 5.82. The van der Waals surface area contributed by atoms with E-state index < -0.39 is 14.6 Å². The number of rotatable bonds is 7. The summed E-state index contributed by atoms with van der Waals surface area (Å²) in [6.45, 7) is 8.75. The van der Waals surface area contributed by atoms with E-state index in [1.165, 1.54) is 7.11 Å². The quantitative estimate of drug-likeness (QED) is 0.653. The van der Waals surface area contributed by atoms with Gasteiger partial charge in [-0.3, -0.25) is 4.79 Å². The van der Waals surface area contributed by atoms with Crippen LogP contribution in [-0.4, -0.2) is 56.5 Å². The van der Waals surface area contributed by atoms with Crippen LogP contribution in [0.3, 0.4) is 0 Å². The summed E-state index contributed by atoms with van der Waals surface area (Å²) in [5.74, 6) is -0.155. The topological polar surface area (TPSA) is 63.7 Å². The predicted octanol–water partition coefficient (Wildman–Crippen LogP) is 1.08. The molecule has 0 aromatic carbocycles. The molecule has 18 heavy (non-hydrogen) atoms. The molecule has 0 saturated carbocycles. The molecular weight excluding hydrogens is 254 g/mol. The van der Waals surface area contributed by atoms with Gasteiger partial charge in [-0.2, -0.15) is 0 Å². The Kier molecular flexibility index (Phi) is 6.84. The van der Waals surface area contributed by atoms with Crippen LogP contribution in [0.2, 0.25) is 0 Å². The summed E-state index contributed by atoms with van der Waals surface area (Å²) in [7, 11) is -1.75. The third-order valence-corrected chi connectivity index (χ3v) is 5.50. The molecule has 0 aliphatic carbocycles. The predicted molar refractivity (Wildman–Crippen MR) is 72.3 cm³/mol. The minimum atomic E-state index is -3.10. The fraction of sp³-hybridized carbons (Fsp3) is 0.917. The second-order valence-corrected chi connectivity index (χ2v) is 8.05. The number of methoxy groups -OCH3 is 1. The van der Waals surface area contributed by atoms with Gasteiger partial charge in [0.2, 0.25) is 0 Å². The smallest absolute Gasteiger partial charge is 0.306 e. The lowest BCUT2D eigenvalue weighted by molar-refractivity contribution is -0.140. The van der Waals surface area contributed by atoms with E-state index in [9.17, 15) is 13.2 Å². The Labute approximate surface area is 110 Å². The summed E-state index contributed by atoms with van der Waals surface area (Å²) in [6.07, 6.45) is 0.292. The van der Waals surface area contributed by atoms with Crippen molar-refractivity contribution in [2.45, 2.75) is 38.9 Å². The molecule has 0 fully saturated rings. The molecule has 5 nitrogen and oxygen atoms in total. The number of ether oxygens (including phenoxy) is 1. The van der Waals surface area contributed by atoms with Crippen LogP contribution >= 0.6 is 0 Å². The monoisotopic (exact) mass is 279 g/mol. The molecule has 0 aliphatic rings. The lowest BCUT2D eigenvalue weighted by Crippen LogP contribution is -2.37. The highest BCUT2D eigenvalue weighted by Crippen LogP contribution is 2.15. The van der Waals surface area contributed by atoms with Crippen molar-refractivity contribution < 1.29 is 17.9 Å². The van der Waals surface area contributed by atoms with Gasteiger partial charge in [0, 0.05) is 13.1 Å². The molecule has 0 rings (SSSR count). The van der Waals surface area contributed by atoms with Crippen molar-refractivity contribution in [1.29, 1.82) is 0 Å². The Morgan fingerprint density at radius 3 is 2.17 bits per heavy atom. The summed E-state index contributed by atoms with van der Waals surface area (Å²) in [5, 5.41) is 0. The van der Waals surface area contributed by atoms with Gasteiger partial charge in [0.1, 0.15) is 0 Å². The zero-order valence-electron chi connectivity index (χ0n) is 12.0. The number of hydrogen-bond donors (Lipinski definition) is 0. The molecule has 0 bridgehead atoms. The minimum absolute atomic E-state index is 0.117. The summed E-state index contributed by atoms with van der Waals surface area (Å²) in [6, 6.07) is 0. The fourth-order valence-corrected chi connectivity index (χ4v) is 2.45. The highest BCUT2D eigenvalue weighted by atomic mass is 32.2. The summed E-state index contributed by atoms with van der Waals surface area (Å²) in [5.41, 5.74) is 0. The van der Waals surface area contributed by atoms with Crippen molar-refractivity contribution in [3.05, 3.63) is 0 Å². The zero-order chi connectivity index (χ0) is 14.4. The van der Waals surface area contributed by atoms with Crippen molar-refractivity contribution in [3.8, 4) is 0 Å². The van der Waals surface area contributed by atoms with E-state index in [4.69, 9.17) is 0 Å². The van der Waals surface area contributed by atoms with Crippen molar-refractivity contribution in [1.82, 2.24) is 4.90 Å². The van der Waals surface area contributed by atoms with Crippen LogP contribution in [0.1, 0.15) is 34.1 Å². The number of nitrogens with zero attached hydrogens (tertiary/aromatic N) is 1. The number of hydrogen-bond acceptors (Lipinski definition) is 5. The maximum atomic E-state index is 11.9. The minimum Gasteiger partial charge on any atom is -0.469 e. The third-order valence-electron chi connectivity index (χ3n) is 2.92. The van der Waals surface area contributed by atoms with Gasteiger partial charge in [0.25, 0.3) is 0 Å². The number of carbonyl (C=O) groups is 1. The second kappa shape index (κ2) is 7.09. The van der Waals surface area contributed by atoms with Gasteiger partial charge in [-0.25, -0.2) is 8.42 Å². The number of sulfone groups is 1. The summed E-state index contributed by atoms with van der Waals surface area (Å²) in [4.78, 5) is 13.0. The maximum absolute atomic E-state index is 11.9. The summed E-state index contributed by atoms with van der Waals surface area (Å²) >= 11 is 0. The lowest BCUT2D eigenvalue weighted by atomic mass is 10.3. The van der Waals surface area contributed by atoms with Crippen molar-refractivity contribution in [2.24, 2.45) is 0 Å². The van der Waals surface area contributed by atoms with Crippen LogP contribution in [-0.2, 0) is 19.4 Å². The Hall–Kier alpha value is -0.620. The van der Waals surface area contributed by atoms with Crippen LogP contribution in [0.4, 0.5) is 0 Å². The molecule has 6 heteroatoms. The fourth-order valence-electron chi connectivity index (χ4n) is 1.33. The Morgan fingerprint density at radius 1 is 1.22 bits per heavy atom. The number of esters is 1. The van der Waals surface area contributed by atoms with Gasteiger partial charge >= 0.3 is 5.97 Å². The molecule has 0 spiro atoms. The first-order valence-corrected chi connectivity index (χ1v) is 7.80. The van der Waals surface area contributed by atoms with Gasteiger partial charge < -0.3 is 9.64 Å². The van der Waals surface area contributed by atoms with Crippen LogP contribution in [0.15, 0.2) is 0 Å². The van der Waals surface area contributed by atoms with E-state index in [0.717, 1.165) is 6.54 Å². The Morgan fingerprint density at radius 2 is 1.78 bits per heavy atom. The van der Waals surface area contributed by atoms with Gasteiger partial charge in [-0.1, -0.05) is 6.92 Å². The largest absolute Gasteiger partial charge is 0.469 e. The first-order valence-electron chi connectivity index (χ1n) is 6.15. The van der Waals surface area contributed by atoms with E-state index in [1.54, 1.807) is 20.8 Å². The van der Waals surface area contributed by atoms with Gasteiger partial charge in [0.05, 0.1) is 24.0 Å². The van der Waals surface area contributed by atoms with E-state index in [1.807, 2.05) is 11.8 Å². The normalized spacial score (nSPS) is 12.8. The van der Waals surface area contributed by atoms with Crippen LogP contribution in [0.25, 0.3) is 0 Å². The second-order valence-electron chi connectivity index (χ2n) is 5.19. The molecule has 0 saturated heterocycles. The first-order chi connectivity index (χ1) is 8.14. The van der Waals surface area contributed by atoms with E-state index in [2.05, 4.69) is 4.74 Å². The lowest BCUT2D eigenvalue weighted by Gasteiger charge is -2.23.